The van der Waals surface area contributed by atoms with E-state index in [-0.39, 0.29) is 10.6 Å². The Balaban J connectivity index is 1.62. The van der Waals surface area contributed by atoms with Gasteiger partial charge in [0.25, 0.3) is 5.69 Å². The normalized spacial score (nSPS) is 18.1. The summed E-state index contributed by atoms with van der Waals surface area (Å²) < 4.78 is 10.9. The van der Waals surface area contributed by atoms with Crippen molar-refractivity contribution in [1.82, 2.24) is 0 Å². The number of hydrogen-bond acceptors (Lipinski definition) is 5. The van der Waals surface area contributed by atoms with E-state index in [0.29, 0.717) is 24.8 Å². The molecule has 0 radical (unpaired) electrons. The fraction of sp³-hybridized carbons (Fsp3) is 0.571. The molecular weight excluding hydrogens is 260 g/mol. The third-order valence-electron chi connectivity index (χ3n) is 3.26. The summed E-state index contributed by atoms with van der Waals surface area (Å²) in [6, 6.07) is 6.66. The van der Waals surface area contributed by atoms with Crippen LogP contribution in [0.1, 0.15) is 12.8 Å². The van der Waals surface area contributed by atoms with E-state index in [9.17, 15) is 10.1 Å². The molecule has 0 unspecified atom stereocenters. The second kappa shape index (κ2) is 7.81. The SMILES string of the molecule is O=[N+]([O-])c1ccccc1NCCCOC[C@@H]1CCOC1. The highest BCUT2D eigenvalue weighted by atomic mass is 16.6. The van der Waals surface area contributed by atoms with E-state index in [1.54, 1.807) is 18.2 Å². The van der Waals surface area contributed by atoms with Gasteiger partial charge in [-0.3, -0.25) is 10.1 Å². The Labute approximate surface area is 118 Å². The first-order chi connectivity index (χ1) is 9.77. The molecular formula is C14H20N2O4. The third-order valence-corrected chi connectivity index (χ3v) is 3.26. The van der Waals surface area contributed by atoms with Crippen molar-refractivity contribution < 1.29 is 14.4 Å². The highest BCUT2D eigenvalue weighted by Crippen LogP contribution is 2.22. The van der Waals surface area contributed by atoms with Crippen LogP contribution in [0.5, 0.6) is 0 Å². The molecule has 1 aliphatic heterocycles. The maximum Gasteiger partial charge on any atom is 0.292 e. The zero-order chi connectivity index (χ0) is 14.2. The molecule has 20 heavy (non-hydrogen) atoms. The van der Waals surface area contributed by atoms with Crippen molar-refractivity contribution in [1.29, 1.82) is 0 Å². The molecule has 0 bridgehead atoms. The van der Waals surface area contributed by atoms with E-state index in [1.165, 1.54) is 6.07 Å². The van der Waals surface area contributed by atoms with Crippen molar-refractivity contribution in [2.45, 2.75) is 12.8 Å². The first-order valence-electron chi connectivity index (χ1n) is 6.90. The summed E-state index contributed by atoms with van der Waals surface area (Å²) in [5.74, 6) is 0.526. The maximum absolute atomic E-state index is 10.8. The number of hydrogen-bond donors (Lipinski definition) is 1. The second-order valence-electron chi connectivity index (χ2n) is 4.86. The van der Waals surface area contributed by atoms with Gasteiger partial charge in [0.15, 0.2) is 0 Å². The average Bonchev–Trinajstić information content (AvgIpc) is 2.96. The van der Waals surface area contributed by atoms with Gasteiger partial charge in [-0.05, 0) is 18.9 Å². The van der Waals surface area contributed by atoms with Crippen molar-refractivity contribution in [3.8, 4) is 0 Å². The summed E-state index contributed by atoms with van der Waals surface area (Å²) in [7, 11) is 0. The molecule has 6 nitrogen and oxygen atoms in total. The van der Waals surface area contributed by atoms with Gasteiger partial charge in [0.05, 0.1) is 18.1 Å². The lowest BCUT2D eigenvalue weighted by Gasteiger charge is -2.09. The Morgan fingerprint density at radius 3 is 3.05 bits per heavy atom. The van der Waals surface area contributed by atoms with E-state index >= 15 is 0 Å². The minimum Gasteiger partial charge on any atom is -0.381 e. The van der Waals surface area contributed by atoms with E-state index in [4.69, 9.17) is 9.47 Å². The number of ether oxygens (including phenoxy) is 2. The van der Waals surface area contributed by atoms with Crippen molar-refractivity contribution in [2.75, 3.05) is 38.3 Å². The largest absolute Gasteiger partial charge is 0.381 e. The number of benzene rings is 1. The first kappa shape index (κ1) is 14.7. The molecule has 1 N–H and O–H groups in total. The molecule has 0 saturated carbocycles. The molecule has 2 rings (SSSR count). The van der Waals surface area contributed by atoms with Crippen molar-refractivity contribution >= 4 is 11.4 Å². The molecule has 110 valence electrons. The Bertz CT molecular complexity index is 433. The zero-order valence-electron chi connectivity index (χ0n) is 11.4. The van der Waals surface area contributed by atoms with Gasteiger partial charge < -0.3 is 14.8 Å². The Kier molecular flexibility index (Phi) is 5.76. The van der Waals surface area contributed by atoms with Crippen LogP contribution in [0.25, 0.3) is 0 Å². The van der Waals surface area contributed by atoms with Crippen LogP contribution in [0.2, 0.25) is 0 Å². The summed E-state index contributed by atoms with van der Waals surface area (Å²) in [6.45, 7) is 3.70. The lowest BCUT2D eigenvalue weighted by atomic mass is 10.1. The number of nitrogens with zero attached hydrogens (tertiary/aromatic N) is 1. The van der Waals surface area contributed by atoms with Gasteiger partial charge in [-0.25, -0.2) is 0 Å². The second-order valence-corrected chi connectivity index (χ2v) is 4.86. The molecule has 1 atom stereocenters. The highest BCUT2D eigenvalue weighted by Gasteiger charge is 2.15. The third kappa shape index (κ3) is 4.47. The Morgan fingerprint density at radius 2 is 2.30 bits per heavy atom. The molecule has 1 heterocycles. The van der Waals surface area contributed by atoms with Gasteiger partial charge in [-0.1, -0.05) is 12.1 Å². The molecule has 0 aliphatic carbocycles. The molecule has 1 aromatic carbocycles. The van der Waals surface area contributed by atoms with Crippen molar-refractivity contribution in [3.05, 3.63) is 34.4 Å². The van der Waals surface area contributed by atoms with Gasteiger partial charge in [0.2, 0.25) is 0 Å². The topological polar surface area (TPSA) is 73.6 Å². The molecule has 0 aromatic heterocycles. The van der Waals surface area contributed by atoms with Gasteiger partial charge in [-0.15, -0.1) is 0 Å². The van der Waals surface area contributed by atoms with Gasteiger partial charge in [0, 0.05) is 31.7 Å². The quantitative estimate of drug-likeness (QED) is 0.450. The predicted octanol–water partition coefficient (Wildman–Crippen LogP) is 2.45. The van der Waals surface area contributed by atoms with Crippen molar-refractivity contribution in [2.24, 2.45) is 5.92 Å². The van der Waals surface area contributed by atoms with E-state index < -0.39 is 0 Å². The van der Waals surface area contributed by atoms with Crippen LogP contribution in [-0.4, -0.2) is 37.9 Å². The van der Waals surface area contributed by atoms with Crippen LogP contribution in [0, 0.1) is 16.0 Å². The van der Waals surface area contributed by atoms with Crippen LogP contribution >= 0.6 is 0 Å². The number of nitrogens with one attached hydrogen (secondary N) is 1. The van der Waals surface area contributed by atoms with E-state index in [1.807, 2.05) is 0 Å². The number of nitro groups is 1. The van der Waals surface area contributed by atoms with E-state index in [2.05, 4.69) is 5.32 Å². The van der Waals surface area contributed by atoms with Crippen molar-refractivity contribution in [3.63, 3.8) is 0 Å². The van der Waals surface area contributed by atoms with Crippen LogP contribution < -0.4 is 5.32 Å². The zero-order valence-corrected chi connectivity index (χ0v) is 11.4. The smallest absolute Gasteiger partial charge is 0.292 e. The standard InChI is InChI=1S/C14H20N2O4/c17-16(18)14-5-2-1-4-13(14)15-7-3-8-19-10-12-6-9-20-11-12/h1-2,4-5,12,15H,3,6-11H2/t12-/m0/s1. The minimum atomic E-state index is -0.376. The number of rotatable bonds is 8. The van der Waals surface area contributed by atoms with Crippen LogP contribution in [0.3, 0.4) is 0 Å². The Morgan fingerprint density at radius 1 is 1.45 bits per heavy atom. The summed E-state index contributed by atoms with van der Waals surface area (Å²) in [5, 5.41) is 13.9. The minimum absolute atomic E-state index is 0.108. The molecule has 6 heteroatoms. The molecule has 1 aliphatic rings. The molecule has 1 fully saturated rings. The van der Waals surface area contributed by atoms with Crippen LogP contribution in [-0.2, 0) is 9.47 Å². The Hall–Kier alpha value is -1.66. The van der Waals surface area contributed by atoms with Gasteiger partial charge in [0.1, 0.15) is 5.69 Å². The molecule has 0 amide bonds. The number of nitro benzene ring substituents is 1. The monoisotopic (exact) mass is 280 g/mol. The fourth-order valence-corrected chi connectivity index (χ4v) is 2.14. The first-order valence-corrected chi connectivity index (χ1v) is 6.90. The molecule has 1 saturated heterocycles. The summed E-state index contributed by atoms with van der Waals surface area (Å²) in [6.07, 6.45) is 1.90. The fourth-order valence-electron chi connectivity index (χ4n) is 2.14. The predicted molar refractivity (Wildman–Crippen MR) is 75.9 cm³/mol. The summed E-state index contributed by atoms with van der Waals surface area (Å²) in [4.78, 5) is 10.5. The summed E-state index contributed by atoms with van der Waals surface area (Å²) in [5.41, 5.74) is 0.665. The average molecular weight is 280 g/mol. The maximum atomic E-state index is 10.8. The number of anilines is 1. The molecule has 0 spiro atoms. The van der Waals surface area contributed by atoms with Crippen LogP contribution in [0.15, 0.2) is 24.3 Å². The lowest BCUT2D eigenvalue weighted by molar-refractivity contribution is -0.384. The van der Waals surface area contributed by atoms with Gasteiger partial charge >= 0.3 is 0 Å². The van der Waals surface area contributed by atoms with E-state index in [0.717, 1.165) is 32.7 Å². The van der Waals surface area contributed by atoms with Crippen LogP contribution in [0.4, 0.5) is 11.4 Å². The summed E-state index contributed by atoms with van der Waals surface area (Å²) >= 11 is 0. The lowest BCUT2D eigenvalue weighted by Crippen LogP contribution is -2.12. The number of para-hydroxylation sites is 2. The highest BCUT2D eigenvalue weighted by molar-refractivity contribution is 5.60. The molecule has 1 aromatic rings. The van der Waals surface area contributed by atoms with Gasteiger partial charge in [-0.2, -0.15) is 0 Å².